The molecule has 90 valence electrons. The molecule has 1 rings (SSSR count). The molecule has 0 bridgehead atoms. The van der Waals surface area contributed by atoms with E-state index in [-0.39, 0.29) is 11.2 Å². The first kappa shape index (κ1) is 13.2. The van der Waals surface area contributed by atoms with Crippen molar-refractivity contribution in [1.29, 1.82) is 0 Å². The van der Waals surface area contributed by atoms with Crippen LogP contribution in [-0.4, -0.2) is 5.78 Å². The SMILES string of the molecule is CCC(=CC1=C(C)CCCC1(C)C)C(C)=O. The van der Waals surface area contributed by atoms with Crippen molar-refractivity contribution in [1.82, 2.24) is 0 Å². The Labute approximate surface area is 99.6 Å². The highest BCUT2D eigenvalue weighted by Gasteiger charge is 2.27. The van der Waals surface area contributed by atoms with Crippen molar-refractivity contribution in [3.05, 3.63) is 22.8 Å². The van der Waals surface area contributed by atoms with Crippen LogP contribution in [0.5, 0.6) is 0 Å². The smallest absolute Gasteiger partial charge is 0.155 e. The zero-order chi connectivity index (χ0) is 12.3. The van der Waals surface area contributed by atoms with Crippen molar-refractivity contribution < 1.29 is 4.79 Å². The molecule has 0 heterocycles. The van der Waals surface area contributed by atoms with Crippen LogP contribution in [0.2, 0.25) is 0 Å². The van der Waals surface area contributed by atoms with Gasteiger partial charge in [-0.2, -0.15) is 0 Å². The van der Waals surface area contributed by atoms with E-state index >= 15 is 0 Å². The second kappa shape index (κ2) is 4.99. The van der Waals surface area contributed by atoms with Gasteiger partial charge in [-0.05, 0) is 56.1 Å². The number of Topliss-reactive ketones (excluding diaryl/α,β-unsaturated/α-hetero) is 1. The minimum atomic E-state index is 0.212. The van der Waals surface area contributed by atoms with Gasteiger partial charge in [-0.25, -0.2) is 0 Å². The van der Waals surface area contributed by atoms with Gasteiger partial charge in [0.25, 0.3) is 0 Å². The summed E-state index contributed by atoms with van der Waals surface area (Å²) in [7, 11) is 0. The van der Waals surface area contributed by atoms with Crippen molar-refractivity contribution in [3.63, 3.8) is 0 Å². The molecule has 0 atom stereocenters. The predicted molar refractivity (Wildman–Crippen MR) is 69.4 cm³/mol. The Morgan fingerprint density at radius 2 is 2.06 bits per heavy atom. The first-order chi connectivity index (χ1) is 7.38. The third-order valence-corrected chi connectivity index (χ3v) is 3.69. The molecule has 0 radical (unpaired) electrons. The van der Waals surface area contributed by atoms with Gasteiger partial charge in [0.1, 0.15) is 0 Å². The summed E-state index contributed by atoms with van der Waals surface area (Å²) in [5.74, 6) is 0.212. The van der Waals surface area contributed by atoms with Crippen molar-refractivity contribution >= 4 is 5.78 Å². The lowest BCUT2D eigenvalue weighted by atomic mass is 9.72. The first-order valence-electron chi connectivity index (χ1n) is 6.30. The van der Waals surface area contributed by atoms with Crippen LogP contribution in [0.3, 0.4) is 0 Å². The number of ketones is 1. The van der Waals surface area contributed by atoms with Gasteiger partial charge in [-0.3, -0.25) is 4.79 Å². The zero-order valence-electron chi connectivity index (χ0n) is 11.3. The van der Waals surface area contributed by atoms with E-state index in [0.717, 1.165) is 12.0 Å². The van der Waals surface area contributed by atoms with Crippen molar-refractivity contribution in [2.45, 2.75) is 60.3 Å². The Kier molecular flexibility index (Phi) is 4.12. The molecule has 0 unspecified atom stereocenters. The second-order valence-corrected chi connectivity index (χ2v) is 5.51. The van der Waals surface area contributed by atoms with Gasteiger partial charge in [0, 0.05) is 0 Å². The number of hydrogen-bond acceptors (Lipinski definition) is 1. The molecule has 1 aliphatic rings. The summed E-state index contributed by atoms with van der Waals surface area (Å²) < 4.78 is 0. The molecule has 0 aliphatic heterocycles. The van der Waals surface area contributed by atoms with Crippen LogP contribution in [0, 0.1) is 5.41 Å². The van der Waals surface area contributed by atoms with E-state index in [2.05, 4.69) is 33.8 Å². The number of carbonyl (C=O) groups is 1. The summed E-state index contributed by atoms with van der Waals surface area (Å²) in [5, 5.41) is 0. The fourth-order valence-electron chi connectivity index (χ4n) is 2.59. The Morgan fingerprint density at radius 1 is 1.44 bits per heavy atom. The average molecular weight is 220 g/mol. The van der Waals surface area contributed by atoms with E-state index in [1.807, 2.05) is 0 Å². The lowest BCUT2D eigenvalue weighted by molar-refractivity contribution is -0.113. The molecular formula is C15H24O. The highest BCUT2D eigenvalue weighted by atomic mass is 16.1. The molecule has 0 aromatic rings. The van der Waals surface area contributed by atoms with Gasteiger partial charge in [0.05, 0.1) is 0 Å². The highest BCUT2D eigenvalue weighted by molar-refractivity contribution is 5.93. The maximum Gasteiger partial charge on any atom is 0.155 e. The monoisotopic (exact) mass is 220 g/mol. The van der Waals surface area contributed by atoms with Crippen LogP contribution in [0.1, 0.15) is 60.3 Å². The van der Waals surface area contributed by atoms with Crippen LogP contribution in [0.25, 0.3) is 0 Å². The molecule has 0 fully saturated rings. The highest BCUT2D eigenvalue weighted by Crippen LogP contribution is 2.41. The van der Waals surface area contributed by atoms with Gasteiger partial charge in [0.15, 0.2) is 5.78 Å². The molecule has 1 heteroatoms. The fraction of sp³-hybridized carbons (Fsp3) is 0.667. The number of hydrogen-bond donors (Lipinski definition) is 0. The molecule has 0 spiro atoms. The van der Waals surface area contributed by atoms with Crippen molar-refractivity contribution in [3.8, 4) is 0 Å². The molecule has 0 saturated carbocycles. The van der Waals surface area contributed by atoms with Gasteiger partial charge in [0.2, 0.25) is 0 Å². The lowest BCUT2D eigenvalue weighted by Gasteiger charge is -2.33. The standard InChI is InChI=1S/C15H24O/c1-6-13(12(3)16)10-14-11(2)8-7-9-15(14,4)5/h10H,6-9H2,1-5H3. The predicted octanol–water partition coefficient (Wildman–Crippen LogP) is 4.44. The second-order valence-electron chi connectivity index (χ2n) is 5.51. The van der Waals surface area contributed by atoms with Crippen LogP contribution in [-0.2, 0) is 4.79 Å². The van der Waals surface area contributed by atoms with E-state index in [9.17, 15) is 4.79 Å². The van der Waals surface area contributed by atoms with E-state index in [1.165, 1.54) is 30.4 Å². The maximum atomic E-state index is 11.5. The number of allylic oxidation sites excluding steroid dienone is 4. The summed E-state index contributed by atoms with van der Waals surface area (Å²) >= 11 is 0. The fourth-order valence-corrected chi connectivity index (χ4v) is 2.59. The molecule has 1 nitrogen and oxygen atoms in total. The molecule has 0 saturated heterocycles. The Bertz CT molecular complexity index is 342. The largest absolute Gasteiger partial charge is 0.295 e. The molecule has 16 heavy (non-hydrogen) atoms. The molecule has 0 amide bonds. The van der Waals surface area contributed by atoms with Gasteiger partial charge in [-0.15, -0.1) is 0 Å². The maximum absolute atomic E-state index is 11.5. The number of carbonyl (C=O) groups excluding carboxylic acids is 1. The third-order valence-electron chi connectivity index (χ3n) is 3.69. The van der Waals surface area contributed by atoms with Crippen LogP contribution >= 0.6 is 0 Å². The summed E-state index contributed by atoms with van der Waals surface area (Å²) in [6, 6.07) is 0. The van der Waals surface area contributed by atoms with E-state index in [0.29, 0.717) is 0 Å². The Hall–Kier alpha value is -0.850. The average Bonchev–Trinajstić information content (AvgIpc) is 2.16. The molecule has 1 aliphatic carbocycles. The van der Waals surface area contributed by atoms with Gasteiger partial charge in [-0.1, -0.05) is 32.4 Å². The Balaban J connectivity index is 3.14. The number of rotatable bonds is 3. The molecule has 0 N–H and O–H groups in total. The minimum absolute atomic E-state index is 0.212. The summed E-state index contributed by atoms with van der Waals surface area (Å²) in [6.45, 7) is 10.5. The van der Waals surface area contributed by atoms with Crippen molar-refractivity contribution in [2.75, 3.05) is 0 Å². The summed E-state index contributed by atoms with van der Waals surface area (Å²) in [6.07, 6.45) is 6.67. The van der Waals surface area contributed by atoms with Crippen molar-refractivity contribution in [2.24, 2.45) is 5.41 Å². The van der Waals surface area contributed by atoms with E-state index in [4.69, 9.17) is 0 Å². The third kappa shape index (κ3) is 2.84. The summed E-state index contributed by atoms with van der Waals surface area (Å²) in [5.41, 5.74) is 4.05. The minimum Gasteiger partial charge on any atom is -0.295 e. The van der Waals surface area contributed by atoms with Crippen LogP contribution in [0.15, 0.2) is 22.8 Å². The van der Waals surface area contributed by atoms with E-state index < -0.39 is 0 Å². The molecule has 0 aromatic carbocycles. The van der Waals surface area contributed by atoms with Gasteiger partial charge < -0.3 is 0 Å². The van der Waals surface area contributed by atoms with Gasteiger partial charge >= 0.3 is 0 Å². The van der Waals surface area contributed by atoms with Crippen LogP contribution in [0.4, 0.5) is 0 Å². The molecular weight excluding hydrogens is 196 g/mol. The normalized spacial score (nSPS) is 21.2. The quantitative estimate of drug-likeness (QED) is 0.643. The van der Waals surface area contributed by atoms with Crippen LogP contribution < -0.4 is 0 Å². The van der Waals surface area contributed by atoms with E-state index in [1.54, 1.807) is 6.92 Å². The zero-order valence-corrected chi connectivity index (χ0v) is 11.3. The lowest BCUT2D eigenvalue weighted by Crippen LogP contribution is -2.19. The first-order valence-corrected chi connectivity index (χ1v) is 6.30. The molecule has 0 aromatic heterocycles. The summed E-state index contributed by atoms with van der Waals surface area (Å²) in [4.78, 5) is 11.5. The Morgan fingerprint density at radius 3 is 2.50 bits per heavy atom. The topological polar surface area (TPSA) is 17.1 Å².